The Hall–Kier alpha value is -2.71. The largest absolute Gasteiger partial charge is 0.476 e. The first-order valence-electron chi connectivity index (χ1n) is 9.10. The molecule has 1 saturated heterocycles. The third-order valence-electron chi connectivity index (χ3n) is 5.59. The van der Waals surface area contributed by atoms with E-state index in [2.05, 4.69) is 4.90 Å². The van der Waals surface area contributed by atoms with Crippen molar-refractivity contribution in [2.75, 3.05) is 33.9 Å². The van der Waals surface area contributed by atoms with Gasteiger partial charge in [-0.1, -0.05) is 12.1 Å². The molecule has 2 aliphatic heterocycles. The van der Waals surface area contributed by atoms with Crippen LogP contribution in [0.4, 0.5) is 4.39 Å². The van der Waals surface area contributed by atoms with Gasteiger partial charge >= 0.3 is 5.97 Å². The number of hydrogen-bond donors (Lipinski definition) is 1. The van der Waals surface area contributed by atoms with Gasteiger partial charge in [-0.3, -0.25) is 9.69 Å². The summed E-state index contributed by atoms with van der Waals surface area (Å²) in [7, 11) is 3.42. The Morgan fingerprint density at radius 1 is 1.21 bits per heavy atom. The molecule has 2 aliphatic rings. The molecule has 0 unspecified atom stereocenters. The third-order valence-corrected chi connectivity index (χ3v) is 5.59. The molecule has 3 heterocycles. The molecule has 1 spiro atoms. The van der Waals surface area contributed by atoms with Crippen LogP contribution >= 0.6 is 0 Å². The van der Waals surface area contributed by atoms with Crippen LogP contribution in [0.25, 0.3) is 0 Å². The molecule has 1 aromatic heterocycles. The Labute approximate surface area is 161 Å². The Balaban J connectivity index is 1.61. The van der Waals surface area contributed by atoms with Crippen LogP contribution in [-0.2, 0) is 23.4 Å². The minimum Gasteiger partial charge on any atom is -0.476 e. The monoisotopic (exact) mass is 387 g/mol. The first-order chi connectivity index (χ1) is 13.3. The molecule has 1 amide bonds. The maximum Gasteiger partial charge on any atom is 0.355 e. The predicted octanol–water partition coefficient (Wildman–Crippen LogP) is 1.77. The Kier molecular flexibility index (Phi) is 4.47. The van der Waals surface area contributed by atoms with E-state index in [4.69, 9.17) is 4.74 Å². The SMILES string of the molecule is CN(C)C(=O)c1ccc(CN2CCn3c(cc(F)c3C(=O)O)C23COC3)cc1. The lowest BCUT2D eigenvalue weighted by atomic mass is 9.88. The van der Waals surface area contributed by atoms with Gasteiger partial charge in [-0.15, -0.1) is 0 Å². The standard InChI is InChI=1S/C20H22FN3O4/c1-22(2)18(25)14-5-3-13(4-6-14)10-23-7-8-24-16(20(23)11-28-12-20)9-15(21)17(24)19(26)27/h3-6,9H,7-8,10-12H2,1-2H3,(H,26,27). The van der Waals surface area contributed by atoms with Crippen LogP contribution in [-0.4, -0.2) is 65.2 Å². The molecular formula is C20H22FN3O4. The second-order valence-corrected chi connectivity index (χ2v) is 7.53. The fourth-order valence-corrected chi connectivity index (χ4v) is 4.04. The van der Waals surface area contributed by atoms with Gasteiger partial charge in [0.25, 0.3) is 5.91 Å². The lowest BCUT2D eigenvalue weighted by molar-refractivity contribution is -0.162. The molecular weight excluding hydrogens is 365 g/mol. The average Bonchev–Trinajstić information content (AvgIpc) is 2.96. The number of hydrogen-bond acceptors (Lipinski definition) is 4. The van der Waals surface area contributed by atoms with E-state index in [1.54, 1.807) is 30.8 Å². The van der Waals surface area contributed by atoms with Crippen molar-refractivity contribution in [2.24, 2.45) is 0 Å². The van der Waals surface area contributed by atoms with Gasteiger partial charge < -0.3 is 19.3 Å². The molecule has 1 fully saturated rings. The van der Waals surface area contributed by atoms with Gasteiger partial charge in [0, 0.05) is 45.0 Å². The zero-order valence-electron chi connectivity index (χ0n) is 15.8. The van der Waals surface area contributed by atoms with Gasteiger partial charge in [-0.25, -0.2) is 9.18 Å². The highest BCUT2D eigenvalue weighted by Crippen LogP contribution is 2.41. The number of nitrogens with zero attached hydrogens (tertiary/aromatic N) is 3. The van der Waals surface area contributed by atoms with Crippen LogP contribution in [0.3, 0.4) is 0 Å². The molecule has 4 rings (SSSR count). The summed E-state index contributed by atoms with van der Waals surface area (Å²) in [5.74, 6) is -2.01. The molecule has 28 heavy (non-hydrogen) atoms. The van der Waals surface area contributed by atoms with Gasteiger partial charge in [-0.05, 0) is 23.8 Å². The van der Waals surface area contributed by atoms with E-state index in [-0.39, 0.29) is 11.6 Å². The maximum absolute atomic E-state index is 14.3. The summed E-state index contributed by atoms with van der Waals surface area (Å²) in [6.45, 7) is 2.39. The quantitative estimate of drug-likeness (QED) is 0.866. The minimum absolute atomic E-state index is 0.0529. The normalized spacial score (nSPS) is 17.8. The first-order valence-corrected chi connectivity index (χ1v) is 9.10. The average molecular weight is 387 g/mol. The molecule has 1 N–H and O–H groups in total. The number of fused-ring (bicyclic) bond motifs is 2. The van der Waals surface area contributed by atoms with E-state index in [1.165, 1.54) is 11.0 Å². The highest BCUT2D eigenvalue weighted by Gasteiger charge is 2.51. The van der Waals surface area contributed by atoms with Crippen LogP contribution in [0.15, 0.2) is 30.3 Å². The fraction of sp³-hybridized carbons (Fsp3) is 0.400. The van der Waals surface area contributed by atoms with E-state index < -0.39 is 17.3 Å². The smallest absolute Gasteiger partial charge is 0.355 e. The summed E-state index contributed by atoms with van der Waals surface area (Å²) in [5.41, 5.74) is 1.49. The molecule has 0 saturated carbocycles. The van der Waals surface area contributed by atoms with Crippen LogP contribution in [0.2, 0.25) is 0 Å². The molecule has 7 nitrogen and oxygen atoms in total. The summed E-state index contributed by atoms with van der Waals surface area (Å²) in [6, 6.07) is 8.77. The zero-order valence-corrected chi connectivity index (χ0v) is 15.8. The van der Waals surface area contributed by atoms with E-state index in [9.17, 15) is 19.1 Å². The van der Waals surface area contributed by atoms with Gasteiger partial charge in [0.1, 0.15) is 5.54 Å². The maximum atomic E-state index is 14.3. The Bertz CT molecular complexity index is 932. The van der Waals surface area contributed by atoms with Crippen molar-refractivity contribution in [2.45, 2.75) is 18.6 Å². The van der Waals surface area contributed by atoms with Gasteiger partial charge in [0.2, 0.25) is 0 Å². The highest BCUT2D eigenvalue weighted by molar-refractivity contribution is 5.93. The lowest BCUT2D eigenvalue weighted by Crippen LogP contribution is -2.63. The number of ether oxygens (including phenoxy) is 1. The minimum atomic E-state index is -1.26. The van der Waals surface area contributed by atoms with Crippen molar-refractivity contribution in [3.8, 4) is 0 Å². The lowest BCUT2D eigenvalue weighted by Gasteiger charge is -2.52. The number of halogens is 1. The number of carboxylic acid groups (broad SMARTS) is 1. The van der Waals surface area contributed by atoms with E-state index in [0.29, 0.717) is 44.1 Å². The summed E-state index contributed by atoms with van der Waals surface area (Å²) >= 11 is 0. The Morgan fingerprint density at radius 2 is 1.89 bits per heavy atom. The van der Waals surface area contributed by atoms with Crippen molar-refractivity contribution >= 4 is 11.9 Å². The molecule has 0 atom stereocenters. The summed E-state index contributed by atoms with van der Waals surface area (Å²) in [5, 5.41) is 9.35. The van der Waals surface area contributed by atoms with Crippen LogP contribution in [0.5, 0.6) is 0 Å². The number of benzene rings is 1. The van der Waals surface area contributed by atoms with Crippen molar-refractivity contribution < 1.29 is 23.8 Å². The molecule has 1 aromatic carbocycles. The number of aromatic carboxylic acids is 1. The van der Waals surface area contributed by atoms with Gasteiger partial charge in [0.15, 0.2) is 11.5 Å². The van der Waals surface area contributed by atoms with Crippen molar-refractivity contribution in [3.05, 3.63) is 58.7 Å². The number of carbonyl (C=O) groups is 2. The fourth-order valence-electron chi connectivity index (χ4n) is 4.04. The van der Waals surface area contributed by atoms with Crippen molar-refractivity contribution in [1.82, 2.24) is 14.4 Å². The molecule has 0 radical (unpaired) electrons. The van der Waals surface area contributed by atoms with Crippen LogP contribution in [0.1, 0.15) is 32.1 Å². The van der Waals surface area contributed by atoms with Crippen LogP contribution in [0, 0.1) is 5.82 Å². The molecule has 8 heteroatoms. The molecule has 0 aliphatic carbocycles. The summed E-state index contributed by atoms with van der Waals surface area (Å²) in [4.78, 5) is 27.2. The van der Waals surface area contributed by atoms with Crippen molar-refractivity contribution in [3.63, 3.8) is 0 Å². The topological polar surface area (TPSA) is 75.0 Å². The number of carboxylic acids is 1. The van der Waals surface area contributed by atoms with Gasteiger partial charge in [0.05, 0.1) is 13.2 Å². The van der Waals surface area contributed by atoms with E-state index in [1.807, 2.05) is 12.1 Å². The predicted molar refractivity (Wildman–Crippen MR) is 98.7 cm³/mol. The van der Waals surface area contributed by atoms with E-state index in [0.717, 1.165) is 5.56 Å². The zero-order chi connectivity index (χ0) is 20.1. The summed E-state index contributed by atoms with van der Waals surface area (Å²) < 4.78 is 21.3. The summed E-state index contributed by atoms with van der Waals surface area (Å²) in [6.07, 6.45) is 0. The third kappa shape index (κ3) is 2.80. The molecule has 2 aromatic rings. The second-order valence-electron chi connectivity index (χ2n) is 7.53. The number of aromatic nitrogens is 1. The number of carbonyl (C=O) groups excluding carboxylic acids is 1. The van der Waals surface area contributed by atoms with E-state index >= 15 is 0 Å². The number of amides is 1. The second kappa shape index (κ2) is 6.72. The first kappa shape index (κ1) is 18.6. The van der Waals surface area contributed by atoms with Crippen molar-refractivity contribution in [1.29, 1.82) is 0 Å². The number of rotatable bonds is 4. The highest BCUT2D eigenvalue weighted by atomic mass is 19.1. The van der Waals surface area contributed by atoms with Crippen LogP contribution < -0.4 is 0 Å². The van der Waals surface area contributed by atoms with Gasteiger partial charge in [-0.2, -0.15) is 0 Å². The molecule has 0 bridgehead atoms. The molecule has 148 valence electrons. The Morgan fingerprint density at radius 3 is 2.43 bits per heavy atom.